The molecule has 2 atom stereocenters. The molecule has 5 amide bonds. The molecule has 2 heterocycles. The number of sulfone groups is 1. The largest absolute Gasteiger partial charge is 0.501 e. The highest BCUT2D eigenvalue weighted by Gasteiger charge is 2.47. The van der Waals surface area contributed by atoms with Gasteiger partial charge in [-0.05, 0) is 41.5 Å². The van der Waals surface area contributed by atoms with Gasteiger partial charge in [0.2, 0.25) is 0 Å². The van der Waals surface area contributed by atoms with Crippen LogP contribution in [0, 0.1) is 0 Å². The van der Waals surface area contributed by atoms with Gasteiger partial charge >= 0.3 is 17.6 Å². The van der Waals surface area contributed by atoms with Gasteiger partial charge in [0.25, 0.3) is 15.7 Å². The van der Waals surface area contributed by atoms with Gasteiger partial charge in [0, 0.05) is 18.7 Å². The zero-order valence-electron chi connectivity index (χ0n) is 20.3. The molecule has 4 rings (SSSR count). The second-order valence-electron chi connectivity index (χ2n) is 8.59. The molecule has 2 unspecified atom stereocenters. The van der Waals surface area contributed by atoms with Gasteiger partial charge in [-0.25, -0.2) is 22.9 Å². The molecule has 3 aromatic rings. The van der Waals surface area contributed by atoms with Crippen LogP contribution in [0.25, 0.3) is 0 Å². The molecule has 0 bridgehead atoms. The minimum Gasteiger partial charge on any atom is -0.334 e. The van der Waals surface area contributed by atoms with Gasteiger partial charge in [0.1, 0.15) is 6.04 Å². The lowest BCUT2D eigenvalue weighted by Gasteiger charge is -2.21. The highest BCUT2D eigenvalue weighted by Crippen LogP contribution is 2.33. The second kappa shape index (κ2) is 10.7. The number of imide groups is 1. The van der Waals surface area contributed by atoms with Crippen molar-refractivity contribution in [2.24, 2.45) is 0 Å². The number of hydrogen-bond donors (Lipinski definition) is 3. The molecule has 1 saturated heterocycles. The number of benzene rings is 2. The standard InChI is InChI=1S/C25H22F3N5O5S/c1-15(19-11-12-29-14-20(19)31-23(35)30-13-16-5-3-2-4-6-16)21-22(34)33(24(36)32-21)17-7-9-18(10-8-17)39(37,38)25(26,27)28/h2-12,14-15,21H,13H2,1H3,(H,32,36)(H2,30,31,35). The van der Waals surface area contributed by atoms with E-state index < -0.39 is 50.2 Å². The predicted octanol–water partition coefficient (Wildman–Crippen LogP) is 3.93. The van der Waals surface area contributed by atoms with E-state index in [2.05, 4.69) is 20.9 Å². The molecule has 1 aliphatic heterocycles. The summed E-state index contributed by atoms with van der Waals surface area (Å²) in [5, 5.41) is 7.94. The molecular formula is C25H22F3N5O5S. The van der Waals surface area contributed by atoms with Gasteiger partial charge in [0.15, 0.2) is 0 Å². The Morgan fingerprint density at radius 1 is 1.08 bits per heavy atom. The number of carbonyl (C=O) groups is 3. The quantitative estimate of drug-likeness (QED) is 0.374. The van der Waals surface area contributed by atoms with Gasteiger partial charge in [-0.1, -0.05) is 37.3 Å². The molecule has 204 valence electrons. The Morgan fingerprint density at radius 3 is 2.38 bits per heavy atom. The Bertz CT molecular complexity index is 1500. The van der Waals surface area contributed by atoms with E-state index in [-0.39, 0.29) is 12.2 Å². The van der Waals surface area contributed by atoms with E-state index in [1.165, 1.54) is 12.4 Å². The van der Waals surface area contributed by atoms with Crippen molar-refractivity contribution in [3.8, 4) is 0 Å². The van der Waals surface area contributed by atoms with Crippen LogP contribution >= 0.6 is 0 Å². The van der Waals surface area contributed by atoms with Crippen molar-refractivity contribution in [2.75, 3.05) is 10.2 Å². The Hall–Kier alpha value is -4.46. The fourth-order valence-electron chi connectivity index (χ4n) is 4.02. The molecule has 1 aliphatic rings. The number of hydrogen-bond acceptors (Lipinski definition) is 6. The summed E-state index contributed by atoms with van der Waals surface area (Å²) in [4.78, 5) is 42.0. The summed E-state index contributed by atoms with van der Waals surface area (Å²) >= 11 is 0. The molecule has 0 saturated carbocycles. The van der Waals surface area contributed by atoms with Gasteiger partial charge in [-0.15, -0.1) is 0 Å². The van der Waals surface area contributed by atoms with Crippen LogP contribution in [0.1, 0.15) is 24.0 Å². The van der Waals surface area contributed by atoms with Crippen molar-refractivity contribution in [3.05, 3.63) is 84.2 Å². The topological polar surface area (TPSA) is 138 Å². The molecule has 3 N–H and O–H groups in total. The maximum Gasteiger partial charge on any atom is 0.501 e. The van der Waals surface area contributed by atoms with E-state index in [0.29, 0.717) is 28.3 Å². The zero-order chi connectivity index (χ0) is 28.4. The van der Waals surface area contributed by atoms with E-state index in [9.17, 15) is 36.0 Å². The maximum atomic E-state index is 13.2. The molecule has 0 radical (unpaired) electrons. The van der Waals surface area contributed by atoms with Crippen LogP contribution in [0.4, 0.5) is 34.1 Å². The maximum absolute atomic E-state index is 13.2. The normalized spacial score (nSPS) is 16.5. The molecule has 0 spiro atoms. The number of pyridine rings is 1. The van der Waals surface area contributed by atoms with Gasteiger partial charge in [-0.3, -0.25) is 9.78 Å². The summed E-state index contributed by atoms with van der Waals surface area (Å²) in [6.07, 6.45) is 2.85. The smallest absolute Gasteiger partial charge is 0.334 e. The molecule has 39 heavy (non-hydrogen) atoms. The highest BCUT2D eigenvalue weighted by molar-refractivity contribution is 7.92. The molecular weight excluding hydrogens is 539 g/mol. The van der Waals surface area contributed by atoms with Crippen LogP contribution in [0.2, 0.25) is 0 Å². The SMILES string of the molecule is CC(c1ccncc1NC(=O)NCc1ccccc1)C1NC(=O)N(c2ccc(S(=O)(=O)C(F)(F)F)cc2)C1=O. The van der Waals surface area contributed by atoms with Crippen molar-refractivity contribution in [1.82, 2.24) is 15.6 Å². The van der Waals surface area contributed by atoms with Crippen LogP contribution in [-0.2, 0) is 21.2 Å². The molecule has 10 nitrogen and oxygen atoms in total. The summed E-state index contributed by atoms with van der Waals surface area (Å²) < 4.78 is 61.7. The zero-order valence-corrected chi connectivity index (χ0v) is 21.1. The lowest BCUT2D eigenvalue weighted by atomic mass is 9.92. The average molecular weight is 562 g/mol. The third kappa shape index (κ3) is 5.70. The lowest BCUT2D eigenvalue weighted by molar-refractivity contribution is -0.118. The molecule has 1 fully saturated rings. The van der Waals surface area contributed by atoms with Crippen LogP contribution in [0.5, 0.6) is 0 Å². The van der Waals surface area contributed by atoms with Gasteiger partial charge < -0.3 is 16.0 Å². The number of aromatic nitrogens is 1. The van der Waals surface area contributed by atoms with Crippen molar-refractivity contribution in [2.45, 2.75) is 35.8 Å². The number of halogens is 3. The van der Waals surface area contributed by atoms with Gasteiger partial charge in [-0.2, -0.15) is 13.2 Å². The second-order valence-corrected chi connectivity index (χ2v) is 10.5. The Morgan fingerprint density at radius 2 is 1.74 bits per heavy atom. The van der Waals surface area contributed by atoms with E-state index >= 15 is 0 Å². The Labute approximate surface area is 221 Å². The minimum absolute atomic E-state index is 0.110. The first-order valence-electron chi connectivity index (χ1n) is 11.5. The fraction of sp³-hybridized carbons (Fsp3) is 0.200. The average Bonchev–Trinajstić information content (AvgIpc) is 3.21. The van der Waals surface area contributed by atoms with E-state index in [1.807, 2.05) is 30.3 Å². The van der Waals surface area contributed by atoms with Crippen molar-refractivity contribution in [1.29, 1.82) is 0 Å². The fourth-order valence-corrected chi connectivity index (χ4v) is 4.78. The predicted molar refractivity (Wildman–Crippen MR) is 134 cm³/mol. The number of alkyl halides is 3. The summed E-state index contributed by atoms with van der Waals surface area (Å²) in [6.45, 7) is 1.92. The van der Waals surface area contributed by atoms with Crippen molar-refractivity contribution < 1.29 is 36.0 Å². The molecule has 2 aromatic carbocycles. The van der Waals surface area contributed by atoms with E-state index in [0.717, 1.165) is 17.7 Å². The Kier molecular flexibility index (Phi) is 7.58. The van der Waals surface area contributed by atoms with Crippen LogP contribution in [0.15, 0.2) is 78.0 Å². The number of urea groups is 2. The first kappa shape index (κ1) is 27.6. The van der Waals surface area contributed by atoms with Crippen LogP contribution in [0.3, 0.4) is 0 Å². The minimum atomic E-state index is -5.59. The highest BCUT2D eigenvalue weighted by atomic mass is 32.2. The van der Waals surface area contributed by atoms with Crippen molar-refractivity contribution >= 4 is 39.2 Å². The molecule has 0 aliphatic carbocycles. The summed E-state index contributed by atoms with van der Waals surface area (Å²) in [5.41, 5.74) is -3.92. The monoisotopic (exact) mass is 561 g/mol. The summed E-state index contributed by atoms with van der Waals surface area (Å²) in [6, 6.07) is 11.6. The number of carbonyl (C=O) groups excluding carboxylic acids is 3. The van der Waals surface area contributed by atoms with Crippen LogP contribution in [-0.4, -0.2) is 42.9 Å². The lowest BCUT2D eigenvalue weighted by Crippen LogP contribution is -2.35. The Balaban J connectivity index is 1.49. The number of anilines is 2. The number of rotatable bonds is 7. The van der Waals surface area contributed by atoms with E-state index in [4.69, 9.17) is 0 Å². The first-order chi connectivity index (χ1) is 18.4. The van der Waals surface area contributed by atoms with Crippen molar-refractivity contribution in [3.63, 3.8) is 0 Å². The number of nitrogens with one attached hydrogen (secondary N) is 3. The third-order valence-electron chi connectivity index (χ3n) is 6.07. The van der Waals surface area contributed by atoms with Crippen LogP contribution < -0.4 is 20.9 Å². The first-order valence-corrected chi connectivity index (χ1v) is 13.0. The summed E-state index contributed by atoms with van der Waals surface area (Å²) in [5.74, 6) is -1.38. The summed E-state index contributed by atoms with van der Waals surface area (Å²) in [7, 11) is -5.59. The van der Waals surface area contributed by atoms with Gasteiger partial charge in [0.05, 0.1) is 22.5 Å². The number of amides is 5. The molecule has 14 heteroatoms. The third-order valence-corrected chi connectivity index (χ3v) is 7.57. The van der Waals surface area contributed by atoms with E-state index in [1.54, 1.807) is 13.0 Å². The molecule has 1 aromatic heterocycles. The number of nitrogens with zero attached hydrogens (tertiary/aromatic N) is 2.